The molecule has 0 radical (unpaired) electrons. The van der Waals surface area contributed by atoms with E-state index in [9.17, 15) is 0 Å². The first kappa shape index (κ1) is 9.97. The number of hydrogen-bond donors (Lipinski definition) is 0. The van der Waals surface area contributed by atoms with E-state index in [1.165, 1.54) is 6.42 Å². The van der Waals surface area contributed by atoms with E-state index >= 15 is 0 Å². The first-order chi connectivity index (χ1) is 7.20. The minimum absolute atomic E-state index is 0.499. The summed E-state index contributed by atoms with van der Waals surface area (Å²) in [6, 6.07) is 8.23. The smallest absolute Gasteiger partial charge is 0.142 e. The molecule has 15 heavy (non-hydrogen) atoms. The molecule has 0 saturated carbocycles. The summed E-state index contributed by atoms with van der Waals surface area (Å²) in [6.07, 6.45) is 1.21. The molecule has 2 atom stereocenters. The van der Waals surface area contributed by atoms with Gasteiger partial charge < -0.3 is 4.90 Å². The quantitative estimate of drug-likeness (QED) is 0.699. The van der Waals surface area contributed by atoms with Crippen LogP contribution in [0.2, 0.25) is 0 Å². The Bertz CT molecular complexity index is 394. The maximum atomic E-state index is 8.79. The van der Waals surface area contributed by atoms with Crippen molar-refractivity contribution in [1.82, 2.24) is 4.98 Å². The Balaban J connectivity index is 2.26. The van der Waals surface area contributed by atoms with E-state index < -0.39 is 0 Å². The predicted molar refractivity (Wildman–Crippen MR) is 59.5 cm³/mol. The molecule has 0 N–H and O–H groups in total. The van der Waals surface area contributed by atoms with Crippen LogP contribution in [0.25, 0.3) is 0 Å². The fraction of sp³-hybridized carbons (Fsp3) is 0.500. The number of anilines is 1. The van der Waals surface area contributed by atoms with Gasteiger partial charge in [-0.25, -0.2) is 4.98 Å². The van der Waals surface area contributed by atoms with Crippen LogP contribution >= 0.6 is 0 Å². The zero-order valence-corrected chi connectivity index (χ0v) is 9.14. The van der Waals surface area contributed by atoms with Crippen LogP contribution in [0.5, 0.6) is 0 Å². The van der Waals surface area contributed by atoms with E-state index in [0.29, 0.717) is 17.7 Å². The van der Waals surface area contributed by atoms with Crippen LogP contribution in [-0.2, 0) is 0 Å². The van der Waals surface area contributed by atoms with Crippen LogP contribution in [0.3, 0.4) is 0 Å². The van der Waals surface area contributed by atoms with Gasteiger partial charge in [-0.2, -0.15) is 5.26 Å². The largest absolute Gasteiger partial charge is 0.354 e. The summed E-state index contributed by atoms with van der Waals surface area (Å²) in [5.41, 5.74) is 0.499. The van der Waals surface area contributed by atoms with E-state index in [4.69, 9.17) is 5.26 Å². The van der Waals surface area contributed by atoms with Gasteiger partial charge in [0.1, 0.15) is 17.6 Å². The van der Waals surface area contributed by atoms with Gasteiger partial charge in [-0.15, -0.1) is 0 Å². The van der Waals surface area contributed by atoms with E-state index in [2.05, 4.69) is 29.8 Å². The molecule has 2 unspecified atom stereocenters. The predicted octanol–water partition coefficient (Wildman–Crippen LogP) is 2.19. The zero-order valence-electron chi connectivity index (χ0n) is 9.14. The Hall–Kier alpha value is -1.56. The molecule has 1 aliphatic rings. The molecular weight excluding hydrogens is 186 g/mol. The molecule has 0 bridgehead atoms. The molecule has 3 heteroatoms. The van der Waals surface area contributed by atoms with E-state index in [-0.39, 0.29) is 0 Å². The van der Waals surface area contributed by atoms with Crippen molar-refractivity contribution >= 4 is 5.82 Å². The number of aromatic nitrogens is 1. The lowest BCUT2D eigenvalue weighted by molar-refractivity contribution is 0.625. The third-order valence-corrected chi connectivity index (χ3v) is 2.93. The zero-order chi connectivity index (χ0) is 10.8. The summed E-state index contributed by atoms with van der Waals surface area (Å²) in [6.45, 7) is 5.51. The van der Waals surface area contributed by atoms with Gasteiger partial charge in [0.2, 0.25) is 0 Å². The van der Waals surface area contributed by atoms with Crippen LogP contribution in [-0.4, -0.2) is 17.6 Å². The third-order valence-electron chi connectivity index (χ3n) is 2.93. The van der Waals surface area contributed by atoms with Crippen LogP contribution in [0.15, 0.2) is 18.2 Å². The highest BCUT2D eigenvalue weighted by Crippen LogP contribution is 2.27. The molecule has 3 nitrogen and oxygen atoms in total. The molecule has 2 rings (SSSR count). The van der Waals surface area contributed by atoms with Crippen molar-refractivity contribution < 1.29 is 0 Å². The summed E-state index contributed by atoms with van der Waals surface area (Å²) >= 11 is 0. The summed E-state index contributed by atoms with van der Waals surface area (Å²) in [7, 11) is 0. The normalized spacial score (nSPS) is 25.3. The molecule has 1 aliphatic heterocycles. The second-order valence-corrected chi connectivity index (χ2v) is 4.34. The van der Waals surface area contributed by atoms with Crippen molar-refractivity contribution in [3.63, 3.8) is 0 Å². The van der Waals surface area contributed by atoms with Crippen molar-refractivity contribution in [3.8, 4) is 6.07 Å². The minimum atomic E-state index is 0.499. The SMILES string of the molecule is CC1CC(C)N(c2cccc(C#N)n2)C1. The molecule has 1 aromatic rings. The Morgan fingerprint density at radius 2 is 2.27 bits per heavy atom. The first-order valence-electron chi connectivity index (χ1n) is 5.34. The second-order valence-electron chi connectivity index (χ2n) is 4.34. The highest BCUT2D eigenvalue weighted by atomic mass is 15.2. The van der Waals surface area contributed by atoms with Crippen molar-refractivity contribution in [2.24, 2.45) is 5.92 Å². The molecule has 0 amide bonds. The van der Waals surface area contributed by atoms with Gasteiger partial charge in [-0.1, -0.05) is 13.0 Å². The van der Waals surface area contributed by atoms with Crippen molar-refractivity contribution in [2.45, 2.75) is 26.3 Å². The van der Waals surface area contributed by atoms with Crippen molar-refractivity contribution in [3.05, 3.63) is 23.9 Å². The Labute approximate surface area is 90.4 Å². The molecule has 1 saturated heterocycles. The number of nitrogens with zero attached hydrogens (tertiary/aromatic N) is 3. The minimum Gasteiger partial charge on any atom is -0.354 e. The molecule has 1 fully saturated rings. The Kier molecular flexibility index (Phi) is 2.59. The van der Waals surface area contributed by atoms with Gasteiger partial charge in [0, 0.05) is 12.6 Å². The number of nitriles is 1. The second kappa shape index (κ2) is 3.90. The number of rotatable bonds is 1. The summed E-state index contributed by atoms with van der Waals surface area (Å²) in [5, 5.41) is 8.79. The maximum absolute atomic E-state index is 8.79. The van der Waals surface area contributed by atoms with Crippen LogP contribution in [0.1, 0.15) is 26.0 Å². The Morgan fingerprint density at radius 1 is 1.47 bits per heavy atom. The van der Waals surface area contributed by atoms with Crippen LogP contribution in [0, 0.1) is 17.2 Å². The van der Waals surface area contributed by atoms with E-state index in [1.54, 1.807) is 6.07 Å². The molecular formula is C12H15N3. The molecule has 78 valence electrons. The molecule has 0 aliphatic carbocycles. The maximum Gasteiger partial charge on any atom is 0.142 e. The highest BCUT2D eigenvalue weighted by Gasteiger charge is 2.26. The summed E-state index contributed by atoms with van der Waals surface area (Å²) in [5.74, 6) is 1.65. The lowest BCUT2D eigenvalue weighted by atomic mass is 10.1. The van der Waals surface area contributed by atoms with Gasteiger partial charge in [-0.3, -0.25) is 0 Å². The lowest BCUT2D eigenvalue weighted by Gasteiger charge is -2.22. The highest BCUT2D eigenvalue weighted by molar-refractivity contribution is 5.43. The van der Waals surface area contributed by atoms with E-state index in [1.807, 2.05) is 12.1 Å². The van der Waals surface area contributed by atoms with Gasteiger partial charge in [0.25, 0.3) is 0 Å². The standard InChI is InChI=1S/C12H15N3/c1-9-6-10(2)15(8-9)12-5-3-4-11(7-13)14-12/h3-5,9-10H,6,8H2,1-2H3. The van der Waals surface area contributed by atoms with Gasteiger partial charge in [0.05, 0.1) is 0 Å². The number of hydrogen-bond acceptors (Lipinski definition) is 3. The fourth-order valence-electron chi connectivity index (χ4n) is 2.26. The summed E-state index contributed by atoms with van der Waals surface area (Å²) < 4.78 is 0. The topological polar surface area (TPSA) is 39.9 Å². The molecule has 0 spiro atoms. The molecule has 0 aromatic carbocycles. The first-order valence-corrected chi connectivity index (χ1v) is 5.34. The van der Waals surface area contributed by atoms with Crippen LogP contribution < -0.4 is 4.90 Å². The van der Waals surface area contributed by atoms with Gasteiger partial charge in [0.15, 0.2) is 0 Å². The number of pyridine rings is 1. The molecule has 1 aromatic heterocycles. The average Bonchev–Trinajstić information content (AvgIpc) is 2.58. The van der Waals surface area contributed by atoms with Crippen LogP contribution in [0.4, 0.5) is 5.82 Å². The van der Waals surface area contributed by atoms with Gasteiger partial charge >= 0.3 is 0 Å². The fourth-order valence-corrected chi connectivity index (χ4v) is 2.26. The third kappa shape index (κ3) is 1.94. The van der Waals surface area contributed by atoms with Gasteiger partial charge in [-0.05, 0) is 31.4 Å². The Morgan fingerprint density at radius 3 is 2.87 bits per heavy atom. The summed E-state index contributed by atoms with van der Waals surface area (Å²) in [4.78, 5) is 6.61. The average molecular weight is 201 g/mol. The lowest BCUT2D eigenvalue weighted by Crippen LogP contribution is -2.27. The van der Waals surface area contributed by atoms with Crippen molar-refractivity contribution in [2.75, 3.05) is 11.4 Å². The van der Waals surface area contributed by atoms with Crippen molar-refractivity contribution in [1.29, 1.82) is 5.26 Å². The van der Waals surface area contributed by atoms with E-state index in [0.717, 1.165) is 12.4 Å². The molecule has 2 heterocycles. The monoisotopic (exact) mass is 201 g/mol.